The summed E-state index contributed by atoms with van der Waals surface area (Å²) in [7, 11) is -4.06. The van der Waals surface area contributed by atoms with Gasteiger partial charge in [0.15, 0.2) is 0 Å². The predicted octanol–water partition coefficient (Wildman–Crippen LogP) is 4.96. The monoisotopic (exact) mass is 563 g/mol. The number of imide groups is 1. The number of amides is 3. The summed E-state index contributed by atoms with van der Waals surface area (Å²) >= 11 is -0.291. The quantitative estimate of drug-likeness (QED) is 0.296. The molecule has 0 atom stereocenters. The van der Waals surface area contributed by atoms with E-state index in [9.17, 15) is 31.2 Å². The van der Waals surface area contributed by atoms with Crippen LogP contribution in [0, 0.1) is 0 Å². The van der Waals surface area contributed by atoms with Gasteiger partial charge in [0.1, 0.15) is 5.54 Å². The molecule has 2 N–H and O–H groups in total. The van der Waals surface area contributed by atoms with Crippen molar-refractivity contribution in [3.05, 3.63) is 78.6 Å². The van der Waals surface area contributed by atoms with Crippen molar-refractivity contribution in [2.75, 3.05) is 14.3 Å². The van der Waals surface area contributed by atoms with Gasteiger partial charge in [-0.25, -0.2) is 9.69 Å². The number of alkyl halides is 3. The number of benzene rings is 2. The van der Waals surface area contributed by atoms with Crippen LogP contribution < -0.4 is 14.3 Å². The molecule has 1 aliphatic carbocycles. The van der Waals surface area contributed by atoms with Crippen molar-refractivity contribution in [2.24, 2.45) is 0 Å². The van der Waals surface area contributed by atoms with Crippen molar-refractivity contribution in [1.82, 2.24) is 9.88 Å². The van der Waals surface area contributed by atoms with Crippen LogP contribution in [0.15, 0.2) is 78.0 Å². The lowest BCUT2D eigenvalue weighted by Crippen LogP contribution is -2.37. The molecule has 1 spiro atoms. The van der Waals surface area contributed by atoms with E-state index >= 15 is 0 Å². The second-order valence-corrected chi connectivity index (χ2v) is 11.2. The van der Waals surface area contributed by atoms with Gasteiger partial charge >= 0.3 is 21.7 Å². The molecule has 9 nitrogen and oxygen atoms in total. The maximum absolute atomic E-state index is 13.4. The minimum Gasteiger partial charge on any atom is -0.305 e. The van der Waals surface area contributed by atoms with E-state index in [1.54, 1.807) is 36.4 Å². The molecule has 0 radical (unpaired) electrons. The zero-order valence-corrected chi connectivity index (χ0v) is 21.1. The van der Waals surface area contributed by atoms with E-state index in [1.165, 1.54) is 41.6 Å². The molecule has 2 aliphatic rings. The number of halogens is 3. The molecule has 0 unspecified atom stereocenters. The van der Waals surface area contributed by atoms with E-state index in [1.807, 2.05) is 0 Å². The first-order valence-electron chi connectivity index (χ1n) is 11.3. The average Bonchev–Trinajstić information content (AvgIpc) is 3.62. The number of rotatable bonds is 8. The van der Waals surface area contributed by atoms with Crippen molar-refractivity contribution in [3.63, 3.8) is 0 Å². The predicted molar refractivity (Wildman–Crippen MR) is 136 cm³/mol. The maximum Gasteiger partial charge on any atom is 0.446 e. The second-order valence-electron chi connectivity index (χ2n) is 8.69. The lowest BCUT2D eigenvalue weighted by molar-refractivity contribution is -0.120. The molecule has 3 amide bonds. The molecular weight excluding hydrogens is 543 g/mol. The Labute approximate surface area is 220 Å². The third kappa shape index (κ3) is 5.27. The van der Waals surface area contributed by atoms with Gasteiger partial charge in [-0.2, -0.15) is 21.6 Å². The summed E-state index contributed by atoms with van der Waals surface area (Å²) in [6, 6.07) is 14.1. The number of pyridine rings is 1. The second kappa shape index (κ2) is 9.51. The van der Waals surface area contributed by atoms with E-state index in [0.29, 0.717) is 24.1 Å². The Hall–Kier alpha value is -3.78. The highest BCUT2D eigenvalue weighted by Gasteiger charge is 2.65. The number of thioether (sulfide) groups is 1. The zero-order chi connectivity index (χ0) is 27.1. The smallest absolute Gasteiger partial charge is 0.305 e. The molecule has 14 heteroatoms. The Kier molecular flexibility index (Phi) is 6.47. The minimum atomic E-state index is -4.46. The minimum absolute atomic E-state index is 0.0730. The number of carbonyl (C=O) groups is 2. The Morgan fingerprint density at radius 3 is 2.29 bits per heavy atom. The fourth-order valence-electron chi connectivity index (χ4n) is 4.21. The third-order valence-electron chi connectivity index (χ3n) is 6.10. The Morgan fingerprint density at radius 2 is 1.66 bits per heavy atom. The topological polar surface area (TPSA) is 112 Å². The van der Waals surface area contributed by atoms with E-state index in [0.717, 1.165) is 4.90 Å². The van der Waals surface area contributed by atoms with E-state index in [-0.39, 0.29) is 34.6 Å². The number of carbonyl (C=O) groups excluding carboxylic acids is 2. The summed E-state index contributed by atoms with van der Waals surface area (Å²) in [4.78, 5) is 32.9. The summed E-state index contributed by atoms with van der Waals surface area (Å²) in [6.45, 7) is -0.0885. The van der Waals surface area contributed by atoms with Gasteiger partial charge in [0.2, 0.25) is 0 Å². The van der Waals surface area contributed by atoms with Gasteiger partial charge in [-0.3, -0.25) is 19.2 Å². The van der Waals surface area contributed by atoms with Gasteiger partial charge in [-0.1, -0.05) is 18.2 Å². The van der Waals surface area contributed by atoms with E-state index < -0.39 is 33.2 Å². The molecule has 0 bridgehead atoms. The molecule has 1 aliphatic heterocycles. The molecule has 1 aromatic heterocycles. The van der Waals surface area contributed by atoms with Gasteiger partial charge in [0.25, 0.3) is 5.91 Å². The number of nitrogens with zero attached hydrogens (tertiary/aromatic N) is 3. The number of hydrogen-bond acceptors (Lipinski definition) is 6. The molecule has 198 valence electrons. The van der Waals surface area contributed by atoms with Crippen LogP contribution in [0.5, 0.6) is 0 Å². The van der Waals surface area contributed by atoms with Gasteiger partial charge in [-0.05, 0) is 72.6 Å². The molecule has 2 aromatic carbocycles. The van der Waals surface area contributed by atoms with Crippen molar-refractivity contribution in [2.45, 2.75) is 35.3 Å². The molecule has 1 saturated heterocycles. The number of hydrogen-bond donors (Lipinski definition) is 2. The lowest BCUT2D eigenvalue weighted by atomic mass is 10.1. The van der Waals surface area contributed by atoms with Crippen LogP contribution in [-0.4, -0.2) is 41.3 Å². The van der Waals surface area contributed by atoms with Gasteiger partial charge in [0, 0.05) is 11.1 Å². The van der Waals surface area contributed by atoms with Crippen LogP contribution in [0.25, 0.3) is 0 Å². The largest absolute Gasteiger partial charge is 0.446 e. The van der Waals surface area contributed by atoms with Crippen LogP contribution in [0.3, 0.4) is 0 Å². The summed E-state index contributed by atoms with van der Waals surface area (Å²) in [5, 5.41) is 0. The van der Waals surface area contributed by atoms with Crippen LogP contribution in [-0.2, 0) is 21.5 Å². The maximum atomic E-state index is 13.4. The number of para-hydroxylation sites is 1. The van der Waals surface area contributed by atoms with E-state index in [4.69, 9.17) is 0 Å². The fraction of sp³-hybridized carbons (Fsp3) is 0.208. The third-order valence-corrected chi connectivity index (χ3v) is 7.83. The standard InChI is InChI=1S/C24H20F3N5O4S2/c25-24(26,27)37-19-8-6-18(7-9-19)32-21(33)23(11-12-23)31(22(32)34)15-16-10-13-28-14-20(16)30-38(35,36)29-17-4-2-1-3-5-17/h1-10,13-14,29-30H,11-12,15H2. The van der Waals surface area contributed by atoms with Crippen LogP contribution in [0.2, 0.25) is 0 Å². The average molecular weight is 564 g/mol. The highest BCUT2D eigenvalue weighted by Crippen LogP contribution is 2.50. The van der Waals surface area contributed by atoms with Crippen molar-refractivity contribution < 1.29 is 31.2 Å². The first kappa shape index (κ1) is 25.9. The van der Waals surface area contributed by atoms with Crippen LogP contribution in [0.4, 0.5) is 35.0 Å². The Morgan fingerprint density at radius 1 is 0.974 bits per heavy atom. The molecule has 3 aromatic rings. The molecule has 1 saturated carbocycles. The lowest BCUT2D eigenvalue weighted by Gasteiger charge is -2.23. The zero-order valence-electron chi connectivity index (χ0n) is 19.5. The fourth-order valence-corrected chi connectivity index (χ4v) is 5.73. The van der Waals surface area contributed by atoms with Crippen molar-refractivity contribution >= 4 is 51.0 Å². The highest BCUT2D eigenvalue weighted by atomic mass is 32.2. The number of anilines is 3. The first-order chi connectivity index (χ1) is 18.0. The molecule has 2 fully saturated rings. The summed E-state index contributed by atoms with van der Waals surface area (Å²) < 4.78 is 68.2. The Bertz CT molecular complexity index is 1480. The van der Waals surface area contributed by atoms with Gasteiger partial charge < -0.3 is 4.90 Å². The summed E-state index contributed by atoms with van der Waals surface area (Å²) in [5.41, 5.74) is -4.52. The number of nitrogens with one attached hydrogen (secondary N) is 2. The van der Waals surface area contributed by atoms with Gasteiger partial charge in [0.05, 0.1) is 29.8 Å². The SMILES string of the molecule is O=C1N(c2ccc(SC(F)(F)F)cc2)C(=O)C2(CC2)N1Cc1ccncc1NS(=O)(=O)Nc1ccccc1. The van der Waals surface area contributed by atoms with Crippen molar-refractivity contribution in [3.8, 4) is 0 Å². The molecular formula is C24H20F3N5O4S2. The summed E-state index contributed by atoms with van der Waals surface area (Å²) in [5.74, 6) is -0.472. The molecule has 2 heterocycles. The molecule has 5 rings (SSSR count). The molecule has 38 heavy (non-hydrogen) atoms. The van der Waals surface area contributed by atoms with Crippen LogP contribution in [0.1, 0.15) is 18.4 Å². The Balaban J connectivity index is 1.37. The van der Waals surface area contributed by atoms with Crippen LogP contribution >= 0.6 is 11.8 Å². The van der Waals surface area contributed by atoms with E-state index in [2.05, 4.69) is 14.4 Å². The first-order valence-corrected chi connectivity index (χ1v) is 13.6. The normalized spacial score (nSPS) is 16.7. The number of urea groups is 1. The van der Waals surface area contributed by atoms with Gasteiger partial charge in [-0.15, -0.1) is 0 Å². The van der Waals surface area contributed by atoms with Crippen molar-refractivity contribution in [1.29, 1.82) is 0 Å². The summed E-state index contributed by atoms with van der Waals surface area (Å²) in [6.07, 6.45) is 3.57. The number of aromatic nitrogens is 1. The highest BCUT2D eigenvalue weighted by molar-refractivity contribution is 8.00.